The number of rotatable bonds is 4. The molecule has 0 radical (unpaired) electrons. The number of aryl methyl sites for hydroxylation is 1. The Balaban J connectivity index is 2.09. The summed E-state index contributed by atoms with van der Waals surface area (Å²) in [5.41, 5.74) is 1.20. The first-order valence-corrected chi connectivity index (χ1v) is 8.42. The largest absolute Gasteiger partial charge is 0.317 e. The van der Waals surface area contributed by atoms with E-state index in [-0.39, 0.29) is 11.1 Å². The maximum Gasteiger partial charge on any atom is 0.215 e. The van der Waals surface area contributed by atoms with E-state index in [1.807, 2.05) is 0 Å². The van der Waals surface area contributed by atoms with Gasteiger partial charge in [0.25, 0.3) is 0 Å². The standard InChI is InChI=1S/C14H21FN2O2S/c1-10-3-4-12(9-14(10)15)11(2)17-20(18,19)13-5-7-16-8-6-13/h3-4,9,11,13,16-17H,5-8H2,1-2H3. The summed E-state index contributed by atoms with van der Waals surface area (Å²) in [6, 6.07) is 4.39. The highest BCUT2D eigenvalue weighted by Crippen LogP contribution is 2.20. The first kappa shape index (κ1) is 15.4. The minimum Gasteiger partial charge on any atom is -0.317 e. The van der Waals surface area contributed by atoms with Crippen molar-refractivity contribution in [2.45, 2.75) is 38.0 Å². The topological polar surface area (TPSA) is 58.2 Å². The molecule has 0 bridgehead atoms. The van der Waals surface area contributed by atoms with Crippen LogP contribution in [-0.2, 0) is 10.0 Å². The molecule has 1 atom stereocenters. The summed E-state index contributed by atoms with van der Waals surface area (Å²) in [5.74, 6) is -0.310. The molecule has 0 amide bonds. The van der Waals surface area contributed by atoms with Gasteiger partial charge in [-0.3, -0.25) is 0 Å². The van der Waals surface area contributed by atoms with Gasteiger partial charge in [-0.1, -0.05) is 12.1 Å². The van der Waals surface area contributed by atoms with Crippen molar-refractivity contribution in [1.82, 2.24) is 10.0 Å². The molecule has 0 aliphatic carbocycles. The zero-order valence-corrected chi connectivity index (χ0v) is 12.6. The Morgan fingerprint density at radius 1 is 1.35 bits per heavy atom. The Morgan fingerprint density at radius 3 is 2.60 bits per heavy atom. The maximum atomic E-state index is 13.5. The number of hydrogen-bond donors (Lipinski definition) is 2. The van der Waals surface area contributed by atoms with Crippen LogP contribution in [-0.4, -0.2) is 26.8 Å². The van der Waals surface area contributed by atoms with E-state index in [1.165, 1.54) is 6.07 Å². The van der Waals surface area contributed by atoms with Crippen molar-refractivity contribution in [1.29, 1.82) is 0 Å². The van der Waals surface area contributed by atoms with E-state index in [0.29, 0.717) is 24.0 Å². The molecule has 1 saturated heterocycles. The Bertz CT molecular complexity index is 569. The molecule has 0 spiro atoms. The summed E-state index contributed by atoms with van der Waals surface area (Å²) >= 11 is 0. The summed E-state index contributed by atoms with van der Waals surface area (Å²) in [6.07, 6.45) is 1.23. The van der Waals surface area contributed by atoms with E-state index in [1.54, 1.807) is 26.0 Å². The van der Waals surface area contributed by atoms with Crippen LogP contribution in [0.25, 0.3) is 0 Å². The lowest BCUT2D eigenvalue weighted by Crippen LogP contribution is -2.42. The third-order valence-electron chi connectivity index (χ3n) is 3.76. The molecule has 2 N–H and O–H groups in total. The first-order chi connectivity index (χ1) is 9.40. The molecular formula is C14H21FN2O2S. The monoisotopic (exact) mass is 300 g/mol. The van der Waals surface area contributed by atoms with Crippen LogP contribution in [0, 0.1) is 12.7 Å². The van der Waals surface area contributed by atoms with Gasteiger partial charge in [-0.15, -0.1) is 0 Å². The lowest BCUT2D eigenvalue weighted by molar-refractivity contribution is 0.484. The number of halogens is 1. The summed E-state index contributed by atoms with van der Waals surface area (Å²) in [4.78, 5) is 0. The van der Waals surface area contributed by atoms with Crippen molar-refractivity contribution in [3.05, 3.63) is 35.1 Å². The summed E-state index contributed by atoms with van der Waals surface area (Å²) in [6.45, 7) is 4.87. The molecule has 1 aliphatic rings. The van der Waals surface area contributed by atoms with E-state index in [0.717, 1.165) is 13.1 Å². The van der Waals surface area contributed by atoms with Gasteiger partial charge in [0.2, 0.25) is 10.0 Å². The minimum absolute atomic E-state index is 0.310. The van der Waals surface area contributed by atoms with Crippen LogP contribution in [0.5, 0.6) is 0 Å². The molecule has 0 aromatic heterocycles. The Morgan fingerprint density at radius 2 is 2.00 bits per heavy atom. The van der Waals surface area contributed by atoms with Crippen LogP contribution in [0.15, 0.2) is 18.2 Å². The summed E-state index contributed by atoms with van der Waals surface area (Å²) in [5, 5.41) is 2.78. The Labute approximate surface area is 119 Å². The van der Waals surface area contributed by atoms with E-state index in [9.17, 15) is 12.8 Å². The van der Waals surface area contributed by atoms with Crippen LogP contribution in [0.3, 0.4) is 0 Å². The smallest absolute Gasteiger partial charge is 0.215 e. The molecule has 1 fully saturated rings. The molecular weight excluding hydrogens is 279 g/mol. The van der Waals surface area contributed by atoms with Crippen molar-refractivity contribution in [2.24, 2.45) is 0 Å². The van der Waals surface area contributed by atoms with E-state index in [4.69, 9.17) is 0 Å². The Kier molecular flexibility index (Phi) is 4.78. The Hall–Kier alpha value is -0.980. The normalized spacial score (nSPS) is 18.9. The number of nitrogens with one attached hydrogen (secondary N) is 2. The van der Waals surface area contributed by atoms with Crippen molar-refractivity contribution in [2.75, 3.05) is 13.1 Å². The molecule has 20 heavy (non-hydrogen) atoms. The number of piperidine rings is 1. The average molecular weight is 300 g/mol. The van der Waals surface area contributed by atoms with Gasteiger partial charge >= 0.3 is 0 Å². The third-order valence-corrected chi connectivity index (χ3v) is 5.79. The molecule has 1 aromatic carbocycles. The fourth-order valence-electron chi connectivity index (χ4n) is 2.39. The van der Waals surface area contributed by atoms with Crippen LogP contribution >= 0.6 is 0 Å². The van der Waals surface area contributed by atoms with E-state index >= 15 is 0 Å². The predicted octanol–water partition coefficient (Wildman–Crippen LogP) is 1.87. The highest BCUT2D eigenvalue weighted by Gasteiger charge is 2.28. The van der Waals surface area contributed by atoms with Crippen LogP contribution in [0.4, 0.5) is 4.39 Å². The van der Waals surface area contributed by atoms with Gasteiger partial charge in [-0.25, -0.2) is 17.5 Å². The molecule has 4 nitrogen and oxygen atoms in total. The van der Waals surface area contributed by atoms with Gasteiger partial charge in [0, 0.05) is 6.04 Å². The SMILES string of the molecule is Cc1ccc(C(C)NS(=O)(=O)C2CCNCC2)cc1F. The molecule has 2 rings (SSSR count). The van der Waals surface area contributed by atoms with E-state index in [2.05, 4.69) is 10.0 Å². The maximum absolute atomic E-state index is 13.5. The zero-order chi connectivity index (χ0) is 14.8. The quantitative estimate of drug-likeness (QED) is 0.892. The van der Waals surface area contributed by atoms with E-state index < -0.39 is 16.1 Å². The molecule has 1 aromatic rings. The highest BCUT2D eigenvalue weighted by molar-refractivity contribution is 7.90. The van der Waals surface area contributed by atoms with Gasteiger partial charge in [-0.2, -0.15) is 0 Å². The number of sulfonamides is 1. The molecule has 1 unspecified atom stereocenters. The molecule has 6 heteroatoms. The van der Waals surface area contributed by atoms with Gasteiger partial charge in [0.15, 0.2) is 0 Å². The molecule has 112 valence electrons. The summed E-state index contributed by atoms with van der Waals surface area (Å²) < 4.78 is 40.8. The molecule has 0 saturated carbocycles. The predicted molar refractivity (Wildman–Crippen MR) is 77.5 cm³/mol. The minimum atomic E-state index is -3.37. The molecule has 1 aliphatic heterocycles. The third kappa shape index (κ3) is 3.56. The zero-order valence-electron chi connectivity index (χ0n) is 11.8. The number of hydrogen-bond acceptors (Lipinski definition) is 3. The van der Waals surface area contributed by atoms with Crippen molar-refractivity contribution in [3.63, 3.8) is 0 Å². The average Bonchev–Trinajstić information content (AvgIpc) is 2.42. The first-order valence-electron chi connectivity index (χ1n) is 6.88. The van der Waals surface area contributed by atoms with Crippen molar-refractivity contribution < 1.29 is 12.8 Å². The molecule has 1 heterocycles. The lowest BCUT2D eigenvalue weighted by Gasteiger charge is -2.25. The van der Waals surface area contributed by atoms with Crippen molar-refractivity contribution >= 4 is 10.0 Å². The van der Waals surface area contributed by atoms with Crippen LogP contribution in [0.2, 0.25) is 0 Å². The van der Waals surface area contributed by atoms with Gasteiger partial charge in [0.1, 0.15) is 5.82 Å². The summed E-state index contributed by atoms with van der Waals surface area (Å²) in [7, 11) is -3.37. The highest BCUT2D eigenvalue weighted by atomic mass is 32.2. The second kappa shape index (κ2) is 6.20. The van der Waals surface area contributed by atoms with Gasteiger partial charge < -0.3 is 5.32 Å². The fourth-order valence-corrected chi connectivity index (χ4v) is 4.07. The lowest BCUT2D eigenvalue weighted by atomic mass is 10.1. The van der Waals surface area contributed by atoms with Gasteiger partial charge in [0.05, 0.1) is 5.25 Å². The van der Waals surface area contributed by atoms with Gasteiger partial charge in [-0.05, 0) is 57.0 Å². The van der Waals surface area contributed by atoms with Crippen LogP contribution < -0.4 is 10.0 Å². The fraction of sp³-hybridized carbons (Fsp3) is 0.571. The second-order valence-electron chi connectivity index (χ2n) is 5.34. The van der Waals surface area contributed by atoms with Crippen LogP contribution in [0.1, 0.15) is 36.9 Å². The van der Waals surface area contributed by atoms with Crippen molar-refractivity contribution in [3.8, 4) is 0 Å². The number of benzene rings is 1. The second-order valence-corrected chi connectivity index (χ2v) is 7.33.